The Hall–Kier alpha value is -2.69. The number of nitrogens with zero attached hydrogens (tertiary/aromatic N) is 1. The first kappa shape index (κ1) is 18.7. The molecule has 148 valence electrons. The second kappa shape index (κ2) is 8.55. The maximum absolute atomic E-state index is 12.8. The van der Waals surface area contributed by atoms with E-state index in [9.17, 15) is 4.79 Å². The molecule has 2 aromatic carbocycles. The van der Waals surface area contributed by atoms with Crippen LogP contribution in [0.1, 0.15) is 42.1 Å². The summed E-state index contributed by atoms with van der Waals surface area (Å²) in [4.78, 5) is 14.8. The van der Waals surface area contributed by atoms with Crippen LogP contribution in [-0.4, -0.2) is 37.3 Å². The maximum Gasteiger partial charge on any atom is 0.253 e. The van der Waals surface area contributed by atoms with Crippen molar-refractivity contribution < 1.29 is 19.0 Å². The fraction of sp³-hybridized carbons (Fsp3) is 0.435. The topological polar surface area (TPSA) is 48.0 Å². The highest BCUT2D eigenvalue weighted by Gasteiger charge is 2.25. The van der Waals surface area contributed by atoms with Crippen molar-refractivity contribution in [2.24, 2.45) is 5.92 Å². The predicted octanol–water partition coefficient (Wildman–Crippen LogP) is 4.30. The number of amides is 1. The van der Waals surface area contributed by atoms with Crippen molar-refractivity contribution in [3.63, 3.8) is 0 Å². The molecular weight excluding hydrogens is 354 g/mol. The van der Waals surface area contributed by atoms with Crippen molar-refractivity contribution in [3.05, 3.63) is 53.6 Å². The number of likely N-dealkylation sites (tertiary alicyclic amines) is 1. The van der Waals surface area contributed by atoms with Gasteiger partial charge in [0, 0.05) is 18.7 Å². The lowest BCUT2D eigenvalue weighted by Gasteiger charge is -2.32. The van der Waals surface area contributed by atoms with Gasteiger partial charge < -0.3 is 19.1 Å². The number of fused-ring (bicyclic) bond motifs is 1. The summed E-state index contributed by atoms with van der Waals surface area (Å²) >= 11 is 0. The van der Waals surface area contributed by atoms with Gasteiger partial charge in [-0.05, 0) is 74.4 Å². The molecule has 4 rings (SSSR count). The van der Waals surface area contributed by atoms with E-state index in [1.807, 2.05) is 36.1 Å². The van der Waals surface area contributed by atoms with Crippen LogP contribution in [0.4, 0.5) is 0 Å². The van der Waals surface area contributed by atoms with Gasteiger partial charge in [0.15, 0.2) is 11.5 Å². The monoisotopic (exact) mass is 381 g/mol. The van der Waals surface area contributed by atoms with Crippen LogP contribution in [0.15, 0.2) is 42.5 Å². The van der Waals surface area contributed by atoms with Gasteiger partial charge in [-0.2, -0.15) is 0 Å². The molecule has 0 bridgehead atoms. The van der Waals surface area contributed by atoms with Gasteiger partial charge in [-0.3, -0.25) is 4.79 Å². The zero-order valence-electron chi connectivity index (χ0n) is 16.4. The molecule has 28 heavy (non-hydrogen) atoms. The van der Waals surface area contributed by atoms with E-state index in [4.69, 9.17) is 14.2 Å². The van der Waals surface area contributed by atoms with Gasteiger partial charge in [0.2, 0.25) is 6.79 Å². The summed E-state index contributed by atoms with van der Waals surface area (Å²) < 4.78 is 16.2. The van der Waals surface area contributed by atoms with Crippen LogP contribution in [0.5, 0.6) is 17.2 Å². The van der Waals surface area contributed by atoms with Gasteiger partial charge >= 0.3 is 0 Å². The molecule has 0 unspecified atom stereocenters. The number of aryl methyl sites for hydroxylation is 1. The van der Waals surface area contributed by atoms with E-state index in [1.54, 1.807) is 6.07 Å². The van der Waals surface area contributed by atoms with Crippen molar-refractivity contribution in [3.8, 4) is 17.2 Å². The molecule has 1 saturated heterocycles. The highest BCUT2D eigenvalue weighted by atomic mass is 16.7. The van der Waals surface area contributed by atoms with Crippen LogP contribution in [0.2, 0.25) is 0 Å². The molecule has 5 heteroatoms. The number of hydrogen-bond donors (Lipinski definition) is 0. The molecule has 0 saturated carbocycles. The third kappa shape index (κ3) is 4.24. The zero-order valence-corrected chi connectivity index (χ0v) is 16.4. The zero-order chi connectivity index (χ0) is 19.3. The molecule has 2 aromatic rings. The lowest BCUT2D eigenvalue weighted by atomic mass is 9.90. The Balaban J connectivity index is 1.25. The van der Waals surface area contributed by atoms with Gasteiger partial charge in [0.25, 0.3) is 5.91 Å². The Kier molecular flexibility index (Phi) is 5.70. The number of carbonyl (C=O) groups excluding carboxylic acids is 1. The first-order valence-electron chi connectivity index (χ1n) is 10.1. The summed E-state index contributed by atoms with van der Waals surface area (Å²) in [6.07, 6.45) is 4.37. The molecule has 0 atom stereocenters. The highest BCUT2D eigenvalue weighted by molar-refractivity contribution is 5.95. The minimum Gasteiger partial charge on any atom is -0.494 e. The van der Waals surface area contributed by atoms with Crippen molar-refractivity contribution in [1.29, 1.82) is 0 Å². The largest absolute Gasteiger partial charge is 0.494 e. The smallest absolute Gasteiger partial charge is 0.253 e. The molecule has 1 fully saturated rings. The van der Waals surface area contributed by atoms with E-state index in [0.29, 0.717) is 29.6 Å². The van der Waals surface area contributed by atoms with Gasteiger partial charge in [-0.25, -0.2) is 0 Å². The fourth-order valence-corrected chi connectivity index (χ4v) is 3.93. The molecule has 2 aliphatic rings. The number of piperidine rings is 1. The molecule has 2 aliphatic heterocycles. The van der Waals surface area contributed by atoms with E-state index < -0.39 is 0 Å². The summed E-state index contributed by atoms with van der Waals surface area (Å²) in [5, 5.41) is 0. The number of rotatable bonds is 6. The van der Waals surface area contributed by atoms with Crippen LogP contribution in [-0.2, 0) is 6.42 Å². The summed E-state index contributed by atoms with van der Waals surface area (Å²) in [6.45, 7) is 4.57. The minimum absolute atomic E-state index is 0.0864. The normalized spacial score (nSPS) is 16.2. The Labute approximate surface area is 166 Å². The van der Waals surface area contributed by atoms with Gasteiger partial charge in [0.05, 0.1) is 6.61 Å². The second-order valence-electron chi connectivity index (χ2n) is 7.42. The van der Waals surface area contributed by atoms with Crippen LogP contribution in [0.25, 0.3) is 0 Å². The second-order valence-corrected chi connectivity index (χ2v) is 7.42. The Morgan fingerprint density at radius 2 is 1.82 bits per heavy atom. The molecule has 1 amide bonds. The van der Waals surface area contributed by atoms with E-state index in [0.717, 1.165) is 38.1 Å². The van der Waals surface area contributed by atoms with Crippen LogP contribution < -0.4 is 14.2 Å². The first-order valence-corrected chi connectivity index (χ1v) is 10.1. The summed E-state index contributed by atoms with van der Waals surface area (Å²) in [7, 11) is 0. The van der Waals surface area contributed by atoms with Crippen molar-refractivity contribution >= 4 is 5.91 Å². The van der Waals surface area contributed by atoms with Gasteiger partial charge in [-0.15, -0.1) is 0 Å². The fourth-order valence-electron chi connectivity index (χ4n) is 3.93. The molecular formula is C23H27NO4. The molecule has 2 heterocycles. The third-order valence-corrected chi connectivity index (χ3v) is 5.60. The van der Waals surface area contributed by atoms with Crippen molar-refractivity contribution in [2.45, 2.75) is 32.6 Å². The number of carbonyl (C=O) groups is 1. The summed E-state index contributed by atoms with van der Waals surface area (Å²) in [5.41, 5.74) is 2.03. The van der Waals surface area contributed by atoms with E-state index in [2.05, 4.69) is 12.1 Å². The Morgan fingerprint density at radius 3 is 2.57 bits per heavy atom. The van der Waals surface area contributed by atoms with Crippen LogP contribution >= 0.6 is 0 Å². The summed E-state index contributed by atoms with van der Waals surface area (Å²) in [6, 6.07) is 13.8. The molecule has 0 N–H and O–H groups in total. The van der Waals surface area contributed by atoms with Crippen molar-refractivity contribution in [1.82, 2.24) is 4.90 Å². The van der Waals surface area contributed by atoms with Gasteiger partial charge in [-0.1, -0.05) is 12.1 Å². The summed E-state index contributed by atoms with van der Waals surface area (Å²) in [5.74, 6) is 3.07. The van der Waals surface area contributed by atoms with Crippen LogP contribution in [0.3, 0.4) is 0 Å². The third-order valence-electron chi connectivity index (χ3n) is 5.60. The van der Waals surface area contributed by atoms with E-state index in [1.165, 1.54) is 12.0 Å². The minimum atomic E-state index is 0.0864. The average Bonchev–Trinajstić information content (AvgIpc) is 3.21. The SMILES string of the molecule is CCOc1ccc(CCC2CCN(C(=O)c3ccc4c(c3)OCO4)CC2)cc1. The number of benzene rings is 2. The average molecular weight is 381 g/mol. The highest BCUT2D eigenvalue weighted by Crippen LogP contribution is 2.33. The van der Waals surface area contributed by atoms with Crippen LogP contribution in [0, 0.1) is 5.92 Å². The molecule has 0 aromatic heterocycles. The first-order chi connectivity index (χ1) is 13.7. The Morgan fingerprint density at radius 1 is 1.07 bits per heavy atom. The Bertz CT molecular complexity index is 810. The molecule has 0 radical (unpaired) electrons. The van der Waals surface area contributed by atoms with Gasteiger partial charge in [0.1, 0.15) is 5.75 Å². The maximum atomic E-state index is 12.8. The number of ether oxygens (including phenoxy) is 3. The molecule has 0 aliphatic carbocycles. The van der Waals surface area contributed by atoms with E-state index in [-0.39, 0.29) is 12.7 Å². The molecule has 0 spiro atoms. The van der Waals surface area contributed by atoms with Crippen molar-refractivity contribution in [2.75, 3.05) is 26.5 Å². The quantitative estimate of drug-likeness (QED) is 0.749. The standard InChI is InChI=1S/C23H27NO4/c1-2-26-20-8-5-17(6-9-20)3-4-18-11-13-24(14-12-18)23(25)19-7-10-21-22(15-19)28-16-27-21/h5-10,15,18H,2-4,11-14,16H2,1H3. The lowest BCUT2D eigenvalue weighted by Crippen LogP contribution is -2.38. The predicted molar refractivity (Wildman–Crippen MR) is 107 cm³/mol. The lowest BCUT2D eigenvalue weighted by molar-refractivity contribution is 0.0686. The van der Waals surface area contributed by atoms with E-state index >= 15 is 0 Å². The number of hydrogen-bond acceptors (Lipinski definition) is 4. The molecule has 5 nitrogen and oxygen atoms in total.